The van der Waals surface area contributed by atoms with E-state index in [0.717, 1.165) is 14.6 Å². The summed E-state index contributed by atoms with van der Waals surface area (Å²) in [4.78, 5) is 26.3. The second kappa shape index (κ2) is 5.85. The van der Waals surface area contributed by atoms with Crippen molar-refractivity contribution in [2.24, 2.45) is 5.92 Å². The number of nitrogens with one attached hydrogen (secondary N) is 1. The Morgan fingerprint density at radius 2 is 1.90 bits per heavy atom. The molecule has 0 spiro atoms. The van der Waals surface area contributed by atoms with E-state index in [2.05, 4.69) is 37.2 Å². The summed E-state index contributed by atoms with van der Waals surface area (Å²) in [6.07, 6.45) is 0. The Labute approximate surface area is 135 Å². The van der Waals surface area contributed by atoms with Crippen LogP contribution in [0.25, 0.3) is 0 Å². The lowest BCUT2D eigenvalue weighted by Gasteiger charge is -2.40. The molecule has 1 fully saturated rings. The lowest BCUT2D eigenvalue weighted by molar-refractivity contribution is -0.134. The van der Waals surface area contributed by atoms with E-state index in [4.69, 9.17) is 0 Å². The van der Waals surface area contributed by atoms with E-state index < -0.39 is 12.1 Å². The average Bonchev–Trinajstić information content (AvgIpc) is 2.33. The molecule has 1 aliphatic heterocycles. The van der Waals surface area contributed by atoms with Crippen LogP contribution in [-0.2, 0) is 9.59 Å². The molecule has 20 heavy (non-hydrogen) atoms. The van der Waals surface area contributed by atoms with E-state index in [1.165, 1.54) is 0 Å². The molecule has 6 heteroatoms. The number of hydrogen-bond acceptors (Lipinski definition) is 2. The predicted octanol–water partition coefficient (Wildman–Crippen LogP) is 3.09. The van der Waals surface area contributed by atoms with E-state index >= 15 is 0 Å². The molecule has 1 saturated heterocycles. The summed E-state index contributed by atoms with van der Waals surface area (Å²) in [7, 11) is 0. The van der Waals surface area contributed by atoms with Gasteiger partial charge in [-0.3, -0.25) is 14.5 Å². The van der Waals surface area contributed by atoms with Gasteiger partial charge < -0.3 is 5.32 Å². The lowest BCUT2D eigenvalue weighted by Crippen LogP contribution is -2.64. The van der Waals surface area contributed by atoms with Crippen LogP contribution in [0.2, 0.25) is 0 Å². The minimum atomic E-state index is -0.506. The van der Waals surface area contributed by atoms with Crippen LogP contribution >= 0.6 is 31.9 Å². The lowest BCUT2D eigenvalue weighted by atomic mass is 9.96. The zero-order valence-corrected chi connectivity index (χ0v) is 14.7. The quantitative estimate of drug-likeness (QED) is 0.824. The number of halogens is 2. The maximum absolute atomic E-state index is 12.5. The van der Waals surface area contributed by atoms with Crippen molar-refractivity contribution in [2.45, 2.75) is 32.9 Å². The van der Waals surface area contributed by atoms with Crippen molar-refractivity contribution in [1.82, 2.24) is 5.32 Å². The van der Waals surface area contributed by atoms with E-state index in [1.807, 2.05) is 32.0 Å². The second-order valence-corrected chi connectivity index (χ2v) is 6.99. The average molecular weight is 404 g/mol. The number of piperazine rings is 1. The Morgan fingerprint density at radius 1 is 1.25 bits per heavy atom. The van der Waals surface area contributed by atoms with Crippen LogP contribution < -0.4 is 10.2 Å². The number of rotatable bonds is 2. The van der Waals surface area contributed by atoms with E-state index in [0.29, 0.717) is 0 Å². The highest BCUT2D eigenvalue weighted by atomic mass is 79.9. The molecule has 0 bridgehead atoms. The van der Waals surface area contributed by atoms with Crippen molar-refractivity contribution in [3.63, 3.8) is 0 Å². The Kier molecular flexibility index (Phi) is 4.54. The first-order valence-corrected chi connectivity index (χ1v) is 8.00. The van der Waals surface area contributed by atoms with Gasteiger partial charge in [-0.05, 0) is 47.0 Å². The van der Waals surface area contributed by atoms with Crippen LogP contribution in [0.1, 0.15) is 20.8 Å². The molecule has 0 aliphatic carbocycles. The molecule has 0 aromatic heterocycles. The molecule has 2 unspecified atom stereocenters. The molecule has 1 heterocycles. The fourth-order valence-corrected chi connectivity index (χ4v) is 3.61. The van der Waals surface area contributed by atoms with Crippen LogP contribution in [0.3, 0.4) is 0 Å². The third-order valence-corrected chi connectivity index (χ3v) is 4.44. The van der Waals surface area contributed by atoms with Crippen LogP contribution in [0.15, 0.2) is 27.1 Å². The molecule has 0 saturated carbocycles. The molecule has 0 radical (unpaired) electrons. The third kappa shape index (κ3) is 2.76. The number of nitrogens with zero attached hydrogens (tertiary/aromatic N) is 1. The molecule has 1 aliphatic rings. The zero-order chi connectivity index (χ0) is 15.0. The number of amides is 2. The molecule has 1 aromatic rings. The van der Waals surface area contributed by atoms with Crippen molar-refractivity contribution in [1.29, 1.82) is 0 Å². The maximum Gasteiger partial charge on any atom is 0.250 e. The summed E-state index contributed by atoms with van der Waals surface area (Å²) in [5.41, 5.74) is 0.721. The van der Waals surface area contributed by atoms with Crippen LogP contribution in [-0.4, -0.2) is 23.9 Å². The maximum atomic E-state index is 12.5. The largest absolute Gasteiger partial charge is 0.343 e. The highest BCUT2D eigenvalue weighted by Gasteiger charge is 2.41. The van der Waals surface area contributed by atoms with Gasteiger partial charge in [-0.25, -0.2) is 0 Å². The van der Waals surface area contributed by atoms with Gasteiger partial charge in [0.15, 0.2) is 0 Å². The number of carbonyl (C=O) groups is 2. The minimum absolute atomic E-state index is 0.0296. The summed E-state index contributed by atoms with van der Waals surface area (Å²) in [6.45, 7) is 5.58. The van der Waals surface area contributed by atoms with Crippen molar-refractivity contribution in [2.75, 3.05) is 4.90 Å². The van der Waals surface area contributed by atoms with Gasteiger partial charge in [0.1, 0.15) is 12.1 Å². The molecule has 4 nitrogen and oxygen atoms in total. The van der Waals surface area contributed by atoms with Crippen molar-refractivity contribution >= 4 is 49.4 Å². The summed E-state index contributed by atoms with van der Waals surface area (Å²) in [5, 5.41) is 2.74. The van der Waals surface area contributed by atoms with Crippen LogP contribution in [0, 0.1) is 5.92 Å². The van der Waals surface area contributed by atoms with Gasteiger partial charge in [0, 0.05) is 8.95 Å². The topological polar surface area (TPSA) is 49.4 Å². The molecular formula is C14H16Br2N2O2. The van der Waals surface area contributed by atoms with E-state index in [1.54, 1.807) is 11.8 Å². The van der Waals surface area contributed by atoms with Gasteiger partial charge in [0.25, 0.3) is 0 Å². The predicted molar refractivity (Wildman–Crippen MR) is 85.6 cm³/mol. The number of benzene rings is 1. The van der Waals surface area contributed by atoms with Crippen molar-refractivity contribution < 1.29 is 9.59 Å². The molecule has 1 N–H and O–H groups in total. The summed E-state index contributed by atoms with van der Waals surface area (Å²) >= 11 is 6.86. The highest BCUT2D eigenvalue weighted by molar-refractivity contribution is 9.11. The molecule has 2 amide bonds. The monoisotopic (exact) mass is 402 g/mol. The smallest absolute Gasteiger partial charge is 0.250 e. The molecule has 108 valence electrons. The Morgan fingerprint density at radius 3 is 2.45 bits per heavy atom. The van der Waals surface area contributed by atoms with Gasteiger partial charge in [0.05, 0.1) is 5.69 Å². The van der Waals surface area contributed by atoms with E-state index in [9.17, 15) is 9.59 Å². The normalized spacial score (nSPS) is 23.2. The Balaban J connectivity index is 2.52. The zero-order valence-electron chi connectivity index (χ0n) is 11.5. The first kappa shape index (κ1) is 15.5. The van der Waals surface area contributed by atoms with Crippen LogP contribution in [0.5, 0.6) is 0 Å². The SMILES string of the molecule is CC1NC(=O)C(C(C)C)N(c2ccc(Br)cc2Br)C1=O. The second-order valence-electron chi connectivity index (χ2n) is 5.22. The highest BCUT2D eigenvalue weighted by Crippen LogP contribution is 2.33. The van der Waals surface area contributed by atoms with Gasteiger partial charge in [0.2, 0.25) is 11.8 Å². The molecule has 1 aromatic carbocycles. The van der Waals surface area contributed by atoms with Crippen LogP contribution in [0.4, 0.5) is 5.69 Å². The fraction of sp³-hybridized carbons (Fsp3) is 0.429. The van der Waals surface area contributed by atoms with Crippen molar-refractivity contribution in [3.8, 4) is 0 Å². The fourth-order valence-electron chi connectivity index (χ4n) is 2.37. The van der Waals surface area contributed by atoms with E-state index in [-0.39, 0.29) is 17.7 Å². The number of carbonyl (C=O) groups excluding carboxylic acids is 2. The number of hydrogen-bond donors (Lipinski definition) is 1. The Hall–Kier alpha value is -0.880. The first-order chi connectivity index (χ1) is 9.32. The summed E-state index contributed by atoms with van der Waals surface area (Å²) < 4.78 is 1.70. The first-order valence-electron chi connectivity index (χ1n) is 6.41. The van der Waals surface area contributed by atoms with Gasteiger partial charge >= 0.3 is 0 Å². The van der Waals surface area contributed by atoms with Gasteiger partial charge in [-0.2, -0.15) is 0 Å². The van der Waals surface area contributed by atoms with Gasteiger partial charge in [-0.15, -0.1) is 0 Å². The Bertz CT molecular complexity index is 560. The third-order valence-electron chi connectivity index (χ3n) is 3.31. The minimum Gasteiger partial charge on any atom is -0.343 e. The molecular weight excluding hydrogens is 388 g/mol. The standard InChI is InChI=1S/C14H16Br2N2O2/c1-7(2)12-13(19)17-8(3)14(20)18(12)11-5-4-9(15)6-10(11)16/h4-8,12H,1-3H3,(H,17,19). The molecule has 2 rings (SSSR count). The number of anilines is 1. The summed E-state index contributed by atoms with van der Waals surface area (Å²) in [6, 6.07) is 4.58. The van der Waals surface area contributed by atoms with Crippen molar-refractivity contribution in [3.05, 3.63) is 27.1 Å². The summed E-state index contributed by atoms with van der Waals surface area (Å²) in [5.74, 6) is -0.171. The van der Waals surface area contributed by atoms with Gasteiger partial charge in [-0.1, -0.05) is 29.8 Å². The molecule has 2 atom stereocenters.